The van der Waals surface area contributed by atoms with E-state index in [0.29, 0.717) is 5.71 Å². The first-order valence-corrected chi connectivity index (χ1v) is 16.7. The molecule has 2 heterocycles. The van der Waals surface area contributed by atoms with Crippen LogP contribution >= 0.6 is 0 Å². The molecule has 8 aromatic carbocycles. The molecule has 2 heteroatoms. The lowest BCUT2D eigenvalue weighted by atomic mass is 9.85. The van der Waals surface area contributed by atoms with Gasteiger partial charge < -0.3 is 4.42 Å². The van der Waals surface area contributed by atoms with Gasteiger partial charge in [0.1, 0.15) is 5.58 Å². The second-order valence-electron chi connectivity index (χ2n) is 12.6. The first-order valence-electron chi connectivity index (χ1n) is 16.7. The van der Waals surface area contributed by atoms with E-state index in [9.17, 15) is 0 Å². The van der Waals surface area contributed by atoms with Crippen molar-refractivity contribution in [1.82, 2.24) is 4.98 Å². The van der Waals surface area contributed by atoms with Gasteiger partial charge in [0, 0.05) is 16.3 Å². The Balaban J connectivity index is 1.22. The van der Waals surface area contributed by atoms with Gasteiger partial charge in [0.25, 0.3) is 0 Å². The summed E-state index contributed by atoms with van der Waals surface area (Å²) in [5, 5.41) is 8.20. The molecule has 0 aliphatic carbocycles. The predicted octanol–water partition coefficient (Wildman–Crippen LogP) is 13.1. The molecule has 0 fully saturated rings. The molecule has 0 unspecified atom stereocenters. The Labute approximate surface area is 283 Å². The van der Waals surface area contributed by atoms with Crippen molar-refractivity contribution in [3.05, 3.63) is 176 Å². The predicted molar refractivity (Wildman–Crippen MR) is 206 cm³/mol. The third-order valence-corrected chi connectivity index (χ3v) is 9.87. The monoisotopic (exact) mass is 623 g/mol. The molecule has 228 valence electrons. The summed E-state index contributed by atoms with van der Waals surface area (Å²) in [6.07, 6.45) is 0. The zero-order valence-corrected chi connectivity index (χ0v) is 26.6. The van der Waals surface area contributed by atoms with E-state index in [-0.39, 0.29) is 0 Å². The van der Waals surface area contributed by atoms with Gasteiger partial charge in [0.05, 0.1) is 10.9 Å². The number of rotatable bonds is 4. The van der Waals surface area contributed by atoms with Crippen molar-refractivity contribution in [3.63, 3.8) is 0 Å². The average Bonchev–Trinajstić information content (AvgIpc) is 3.54. The second kappa shape index (κ2) is 11.0. The molecular formula is C47H29NO. The van der Waals surface area contributed by atoms with E-state index < -0.39 is 0 Å². The molecule has 0 bridgehead atoms. The minimum Gasteiger partial charge on any atom is -0.438 e. The molecule has 0 N–H and O–H groups in total. The number of benzene rings is 8. The van der Waals surface area contributed by atoms with E-state index in [2.05, 4.69) is 158 Å². The molecule has 0 amide bonds. The lowest BCUT2D eigenvalue weighted by Crippen LogP contribution is -1.92. The first kappa shape index (κ1) is 27.6. The van der Waals surface area contributed by atoms with Crippen LogP contribution < -0.4 is 0 Å². The molecule has 10 rings (SSSR count). The number of nitrogens with zero attached hydrogens (tertiary/aromatic N) is 1. The topological polar surface area (TPSA) is 26.0 Å². The van der Waals surface area contributed by atoms with Crippen LogP contribution in [0.15, 0.2) is 180 Å². The van der Waals surface area contributed by atoms with Crippen molar-refractivity contribution in [2.24, 2.45) is 0 Å². The van der Waals surface area contributed by atoms with Crippen molar-refractivity contribution in [3.8, 4) is 44.5 Å². The van der Waals surface area contributed by atoms with Gasteiger partial charge in [-0.15, -0.1) is 0 Å². The minimum absolute atomic E-state index is 0.666. The molecule has 0 radical (unpaired) electrons. The zero-order valence-electron chi connectivity index (χ0n) is 26.6. The summed E-state index contributed by atoms with van der Waals surface area (Å²) < 4.78 is 6.33. The molecule has 0 saturated heterocycles. The lowest BCUT2D eigenvalue weighted by molar-refractivity contribution is 0.656. The highest BCUT2D eigenvalue weighted by molar-refractivity contribution is 6.22. The Bertz CT molecular complexity index is 2810. The molecule has 49 heavy (non-hydrogen) atoms. The molecule has 0 saturated carbocycles. The van der Waals surface area contributed by atoms with Gasteiger partial charge in [0.15, 0.2) is 0 Å². The smallest absolute Gasteiger partial charge is 0.228 e. The van der Waals surface area contributed by atoms with Crippen LogP contribution in [-0.4, -0.2) is 4.98 Å². The van der Waals surface area contributed by atoms with Crippen molar-refractivity contribution in [2.45, 2.75) is 0 Å². The maximum absolute atomic E-state index is 6.33. The van der Waals surface area contributed by atoms with E-state index in [0.717, 1.165) is 38.4 Å². The van der Waals surface area contributed by atoms with Crippen LogP contribution in [0.25, 0.3) is 99.0 Å². The van der Waals surface area contributed by atoms with Gasteiger partial charge >= 0.3 is 0 Å². The van der Waals surface area contributed by atoms with Crippen molar-refractivity contribution >= 4 is 54.5 Å². The van der Waals surface area contributed by atoms with Gasteiger partial charge in [0.2, 0.25) is 5.71 Å². The highest BCUT2D eigenvalue weighted by Crippen LogP contribution is 2.46. The largest absolute Gasteiger partial charge is 0.438 e. The van der Waals surface area contributed by atoms with E-state index >= 15 is 0 Å². The second-order valence-corrected chi connectivity index (χ2v) is 12.6. The molecule has 10 aromatic rings. The Morgan fingerprint density at radius 2 is 0.796 bits per heavy atom. The van der Waals surface area contributed by atoms with E-state index in [1.807, 2.05) is 18.2 Å². The van der Waals surface area contributed by atoms with Crippen LogP contribution in [0.5, 0.6) is 0 Å². The van der Waals surface area contributed by atoms with Crippen LogP contribution in [0.4, 0.5) is 0 Å². The first-order chi connectivity index (χ1) is 24.3. The van der Waals surface area contributed by atoms with Gasteiger partial charge in [-0.1, -0.05) is 158 Å². The summed E-state index contributed by atoms with van der Waals surface area (Å²) in [7, 11) is 0. The normalized spacial score (nSPS) is 11.7. The van der Waals surface area contributed by atoms with Crippen LogP contribution in [-0.2, 0) is 0 Å². The van der Waals surface area contributed by atoms with Crippen LogP contribution in [0.1, 0.15) is 0 Å². The fraction of sp³-hybridized carbons (Fsp3) is 0. The number of furan rings is 1. The number of hydrogen-bond acceptors (Lipinski definition) is 2. The van der Waals surface area contributed by atoms with Crippen LogP contribution in [0, 0.1) is 0 Å². The molecule has 0 atom stereocenters. The SMILES string of the molecule is c1ccc(-c2ccc(-c3c4ccccc4c(-c4cccc(-c5c6ccccc6nc6oc7ccccc7c56)c4)c4ccccc34)cc2)cc1. The number of pyridine rings is 1. The Kier molecular flexibility index (Phi) is 6.22. The van der Waals surface area contributed by atoms with Crippen molar-refractivity contribution in [2.75, 3.05) is 0 Å². The van der Waals surface area contributed by atoms with E-state index in [4.69, 9.17) is 9.40 Å². The standard InChI is InChI=1S/C47H29NO/c1-2-13-30(14-3-1)31-25-27-32(28-26-31)43-35-17-4-6-19-37(35)44(38-20-7-5-18-36(38)43)33-15-12-16-34(29-33)45-39-21-8-10-23-41(39)48-47-46(45)40-22-9-11-24-42(40)49-47/h1-29H. The third-order valence-electron chi connectivity index (χ3n) is 9.87. The van der Waals surface area contributed by atoms with E-state index in [1.165, 1.54) is 54.9 Å². The van der Waals surface area contributed by atoms with Crippen molar-refractivity contribution < 1.29 is 4.42 Å². The molecule has 0 aliphatic heterocycles. The lowest BCUT2D eigenvalue weighted by Gasteiger charge is -2.18. The number of para-hydroxylation sites is 2. The third kappa shape index (κ3) is 4.38. The van der Waals surface area contributed by atoms with Gasteiger partial charge in [-0.25, -0.2) is 4.98 Å². The summed E-state index contributed by atoms with van der Waals surface area (Å²) >= 11 is 0. The van der Waals surface area contributed by atoms with Gasteiger partial charge in [-0.2, -0.15) is 0 Å². The molecule has 2 nitrogen and oxygen atoms in total. The Morgan fingerprint density at radius 3 is 1.47 bits per heavy atom. The molecule has 2 aromatic heterocycles. The summed E-state index contributed by atoms with van der Waals surface area (Å²) in [6, 6.07) is 63.0. The van der Waals surface area contributed by atoms with Gasteiger partial charge in [-0.05, 0) is 78.7 Å². The summed E-state index contributed by atoms with van der Waals surface area (Å²) in [5.74, 6) is 0. The highest BCUT2D eigenvalue weighted by Gasteiger charge is 2.20. The van der Waals surface area contributed by atoms with Crippen LogP contribution in [0.3, 0.4) is 0 Å². The van der Waals surface area contributed by atoms with E-state index in [1.54, 1.807) is 0 Å². The molecular weight excluding hydrogens is 595 g/mol. The number of aromatic nitrogens is 1. The fourth-order valence-electron chi connectivity index (χ4n) is 7.72. The highest BCUT2D eigenvalue weighted by atomic mass is 16.3. The maximum atomic E-state index is 6.33. The minimum atomic E-state index is 0.666. The fourth-order valence-corrected chi connectivity index (χ4v) is 7.72. The van der Waals surface area contributed by atoms with Gasteiger partial charge in [-0.3, -0.25) is 0 Å². The zero-order chi connectivity index (χ0) is 32.3. The summed E-state index contributed by atoms with van der Waals surface area (Å²) in [6.45, 7) is 0. The Hall–Kier alpha value is -6.51. The van der Waals surface area contributed by atoms with Crippen LogP contribution in [0.2, 0.25) is 0 Å². The quantitative estimate of drug-likeness (QED) is 0.182. The average molecular weight is 624 g/mol. The summed E-state index contributed by atoms with van der Waals surface area (Å²) in [4.78, 5) is 4.96. The maximum Gasteiger partial charge on any atom is 0.228 e. The Morgan fingerprint density at radius 1 is 0.327 bits per heavy atom. The number of hydrogen-bond donors (Lipinski definition) is 0. The summed E-state index contributed by atoms with van der Waals surface area (Å²) in [5.41, 5.74) is 12.1. The molecule has 0 aliphatic rings. The molecule has 0 spiro atoms. The van der Waals surface area contributed by atoms with Crippen molar-refractivity contribution in [1.29, 1.82) is 0 Å². The number of fused-ring (bicyclic) bond motifs is 6.